The molecule has 2 rings (SSSR count). The minimum Gasteiger partial charge on any atom is -0.404 e. The molecule has 0 aliphatic carbocycles. The van der Waals surface area contributed by atoms with Gasteiger partial charge in [0.2, 0.25) is 5.43 Å². The van der Waals surface area contributed by atoms with E-state index in [2.05, 4.69) is 9.72 Å². The molecule has 0 saturated heterocycles. The van der Waals surface area contributed by atoms with E-state index in [0.29, 0.717) is 0 Å². The number of H-pyrrole nitrogens is 1. The van der Waals surface area contributed by atoms with Crippen LogP contribution in [0, 0.1) is 0 Å². The number of aromatic nitrogens is 1. The predicted molar refractivity (Wildman–Crippen MR) is 77.5 cm³/mol. The Hall–Kier alpha value is -2.27. The normalized spacial score (nSPS) is 12.6. The number of alkyl halides is 3. The highest BCUT2D eigenvalue weighted by Crippen LogP contribution is 2.28. The molecule has 0 unspecified atom stereocenters. The van der Waals surface area contributed by atoms with Gasteiger partial charge in [-0.3, -0.25) is 9.52 Å². The molecule has 0 fully saturated rings. The van der Waals surface area contributed by atoms with Crippen LogP contribution < -0.4 is 14.9 Å². The summed E-state index contributed by atoms with van der Waals surface area (Å²) in [5.74, 6) is -0.589. The third-order valence-corrected chi connectivity index (χ3v) is 4.26. The van der Waals surface area contributed by atoms with Gasteiger partial charge in [-0.15, -0.1) is 13.2 Å². The summed E-state index contributed by atoms with van der Waals surface area (Å²) in [4.78, 5) is 14.7. The summed E-state index contributed by atoms with van der Waals surface area (Å²) in [5, 5.41) is -0.147. The Morgan fingerprint density at radius 1 is 1.26 bits per heavy atom. The number of pyridine rings is 1. The molecule has 126 valence electrons. The number of halogens is 3. The third-order valence-electron chi connectivity index (χ3n) is 2.82. The van der Waals surface area contributed by atoms with E-state index in [1.165, 1.54) is 26.2 Å². The lowest BCUT2D eigenvalue weighted by Crippen LogP contribution is -2.31. The average Bonchev–Trinajstić information content (AvgIpc) is 2.40. The molecule has 1 aromatic carbocycles. The second-order valence-electron chi connectivity index (χ2n) is 4.65. The van der Waals surface area contributed by atoms with Gasteiger partial charge >= 0.3 is 16.6 Å². The van der Waals surface area contributed by atoms with Crippen LogP contribution in [-0.4, -0.2) is 38.2 Å². The second-order valence-corrected chi connectivity index (χ2v) is 6.53. The van der Waals surface area contributed by atoms with Crippen molar-refractivity contribution in [1.29, 1.82) is 0 Å². The standard InChI is InChI=1S/C12H12F3N3O4S/c1-18(2)23(20,21)17-8-6-16-10-7(11(8)19)4-3-5-9(10)22-12(13,14)15/h3-6,17H,1-2H3,(H,16,19). The zero-order valence-corrected chi connectivity index (χ0v) is 12.7. The van der Waals surface area contributed by atoms with E-state index in [9.17, 15) is 26.4 Å². The number of rotatable bonds is 4. The second kappa shape index (κ2) is 5.74. The van der Waals surface area contributed by atoms with E-state index in [1.807, 2.05) is 4.72 Å². The molecule has 2 N–H and O–H groups in total. The Morgan fingerprint density at radius 3 is 2.48 bits per heavy atom. The summed E-state index contributed by atoms with van der Waals surface area (Å²) < 4.78 is 67.2. The first-order valence-electron chi connectivity index (χ1n) is 6.12. The van der Waals surface area contributed by atoms with E-state index in [-0.39, 0.29) is 16.6 Å². The van der Waals surface area contributed by atoms with Gasteiger partial charge in [-0.1, -0.05) is 6.07 Å². The number of nitrogens with zero attached hydrogens (tertiary/aromatic N) is 1. The van der Waals surface area contributed by atoms with E-state index in [1.54, 1.807) is 0 Å². The van der Waals surface area contributed by atoms with Crippen molar-refractivity contribution < 1.29 is 26.3 Å². The van der Waals surface area contributed by atoms with Gasteiger partial charge in [-0.25, -0.2) is 0 Å². The molecule has 23 heavy (non-hydrogen) atoms. The fourth-order valence-electron chi connectivity index (χ4n) is 1.74. The van der Waals surface area contributed by atoms with Crippen molar-refractivity contribution in [2.45, 2.75) is 6.36 Å². The Kier molecular flexibility index (Phi) is 4.26. The Balaban J connectivity index is 2.55. The van der Waals surface area contributed by atoms with E-state index < -0.39 is 27.7 Å². The SMILES string of the molecule is CN(C)S(=O)(=O)Nc1c[nH]c2c(OC(F)(F)F)cccc2c1=O. The fraction of sp³-hybridized carbons (Fsp3) is 0.250. The number of anilines is 1. The van der Waals surface area contributed by atoms with Gasteiger partial charge in [0.15, 0.2) is 5.75 Å². The molecule has 0 radical (unpaired) electrons. The summed E-state index contributed by atoms with van der Waals surface area (Å²) in [7, 11) is -1.42. The van der Waals surface area contributed by atoms with Crippen LogP contribution in [0.1, 0.15) is 0 Å². The maximum atomic E-state index is 12.3. The zero-order chi connectivity index (χ0) is 17.4. The lowest BCUT2D eigenvalue weighted by atomic mass is 10.2. The number of para-hydroxylation sites is 1. The van der Waals surface area contributed by atoms with Crippen LogP contribution in [0.4, 0.5) is 18.9 Å². The van der Waals surface area contributed by atoms with E-state index in [4.69, 9.17) is 0 Å². The Bertz CT molecular complexity index is 891. The molecular formula is C12H12F3N3O4S. The molecule has 7 nitrogen and oxygen atoms in total. The number of fused-ring (bicyclic) bond motifs is 1. The van der Waals surface area contributed by atoms with Gasteiger partial charge in [0, 0.05) is 20.3 Å². The molecule has 0 spiro atoms. The van der Waals surface area contributed by atoms with Crippen LogP contribution in [0.2, 0.25) is 0 Å². The number of benzene rings is 1. The topological polar surface area (TPSA) is 91.5 Å². The minimum atomic E-state index is -4.92. The van der Waals surface area contributed by atoms with Crippen molar-refractivity contribution >= 4 is 26.8 Å². The zero-order valence-electron chi connectivity index (χ0n) is 11.9. The molecule has 2 aromatic rings. The molecule has 11 heteroatoms. The maximum absolute atomic E-state index is 12.3. The molecule has 0 bridgehead atoms. The summed E-state index contributed by atoms with van der Waals surface area (Å²) >= 11 is 0. The molecule has 0 saturated carbocycles. The number of hydrogen-bond acceptors (Lipinski definition) is 4. The van der Waals surface area contributed by atoms with Gasteiger partial charge in [0.05, 0.1) is 10.9 Å². The number of nitrogens with one attached hydrogen (secondary N) is 2. The molecule has 0 amide bonds. The van der Waals surface area contributed by atoms with Gasteiger partial charge < -0.3 is 9.72 Å². The summed E-state index contributed by atoms with van der Waals surface area (Å²) in [5.41, 5.74) is -1.30. The van der Waals surface area contributed by atoms with Gasteiger partial charge in [-0.05, 0) is 12.1 Å². The number of hydrogen-bond donors (Lipinski definition) is 2. The van der Waals surface area contributed by atoms with E-state index >= 15 is 0 Å². The fourth-order valence-corrected chi connectivity index (χ4v) is 2.35. The van der Waals surface area contributed by atoms with Crippen molar-refractivity contribution in [2.75, 3.05) is 18.8 Å². The summed E-state index contributed by atoms with van der Waals surface area (Å²) in [6, 6.07) is 3.49. The lowest BCUT2D eigenvalue weighted by Gasteiger charge is -2.14. The first-order valence-corrected chi connectivity index (χ1v) is 7.56. The van der Waals surface area contributed by atoms with Crippen molar-refractivity contribution in [3.63, 3.8) is 0 Å². The van der Waals surface area contributed by atoms with Crippen LogP contribution in [0.15, 0.2) is 29.2 Å². The van der Waals surface area contributed by atoms with Crippen LogP contribution >= 0.6 is 0 Å². The highest BCUT2D eigenvalue weighted by atomic mass is 32.2. The van der Waals surface area contributed by atoms with Crippen molar-refractivity contribution in [3.8, 4) is 5.75 Å². The van der Waals surface area contributed by atoms with E-state index in [0.717, 1.165) is 16.6 Å². The van der Waals surface area contributed by atoms with Crippen molar-refractivity contribution in [1.82, 2.24) is 9.29 Å². The first-order chi connectivity index (χ1) is 10.5. The first kappa shape index (κ1) is 17.1. The predicted octanol–water partition coefficient (Wildman–Crippen LogP) is 1.64. The molecule has 0 aliphatic rings. The summed E-state index contributed by atoms with van der Waals surface area (Å²) in [6.45, 7) is 0. The molecule has 1 heterocycles. The number of ether oxygens (including phenoxy) is 1. The van der Waals surface area contributed by atoms with Crippen LogP contribution in [0.5, 0.6) is 5.75 Å². The summed E-state index contributed by atoms with van der Waals surface area (Å²) in [6.07, 6.45) is -3.95. The van der Waals surface area contributed by atoms with Crippen LogP contribution in [-0.2, 0) is 10.2 Å². The molecular weight excluding hydrogens is 339 g/mol. The molecule has 0 atom stereocenters. The smallest absolute Gasteiger partial charge is 0.404 e. The average molecular weight is 351 g/mol. The van der Waals surface area contributed by atoms with Crippen LogP contribution in [0.25, 0.3) is 10.9 Å². The highest BCUT2D eigenvalue weighted by molar-refractivity contribution is 7.90. The largest absolute Gasteiger partial charge is 0.573 e. The van der Waals surface area contributed by atoms with Crippen molar-refractivity contribution in [2.24, 2.45) is 0 Å². The number of aromatic amines is 1. The Labute approximate surface area is 128 Å². The van der Waals surface area contributed by atoms with Gasteiger partial charge in [-0.2, -0.15) is 12.7 Å². The minimum absolute atomic E-state index is 0.147. The van der Waals surface area contributed by atoms with Crippen molar-refractivity contribution in [3.05, 3.63) is 34.6 Å². The molecule has 0 aliphatic heterocycles. The molecule has 1 aromatic heterocycles. The maximum Gasteiger partial charge on any atom is 0.573 e. The monoisotopic (exact) mass is 351 g/mol. The van der Waals surface area contributed by atoms with Gasteiger partial charge in [0.25, 0.3) is 0 Å². The highest BCUT2D eigenvalue weighted by Gasteiger charge is 2.32. The lowest BCUT2D eigenvalue weighted by molar-refractivity contribution is -0.274. The van der Waals surface area contributed by atoms with Gasteiger partial charge in [0.1, 0.15) is 5.69 Å². The van der Waals surface area contributed by atoms with Crippen LogP contribution in [0.3, 0.4) is 0 Å². The Morgan fingerprint density at radius 2 is 1.91 bits per heavy atom. The third kappa shape index (κ3) is 3.74. The quantitative estimate of drug-likeness (QED) is 0.876.